The SMILES string of the molecule is CCC1NC(=O)c2cc(S(=O)(=O)NC(C)C)c(O)cc2N1. The maximum absolute atomic E-state index is 12.2. The number of aromatic hydroxyl groups is 1. The largest absolute Gasteiger partial charge is 0.506 e. The number of fused-ring (bicyclic) bond motifs is 1. The Bertz CT molecular complexity index is 670. The van der Waals surface area contributed by atoms with Gasteiger partial charge in [0, 0.05) is 12.1 Å². The molecule has 0 aromatic heterocycles. The van der Waals surface area contributed by atoms with E-state index in [1.165, 1.54) is 12.1 Å². The van der Waals surface area contributed by atoms with E-state index in [2.05, 4.69) is 15.4 Å². The average molecular weight is 313 g/mol. The Hall–Kier alpha value is -1.80. The van der Waals surface area contributed by atoms with Crippen molar-refractivity contribution in [1.82, 2.24) is 10.0 Å². The van der Waals surface area contributed by atoms with E-state index in [1.54, 1.807) is 13.8 Å². The molecule has 2 rings (SSSR count). The number of hydrogen-bond acceptors (Lipinski definition) is 5. The molecule has 0 saturated carbocycles. The number of sulfonamides is 1. The molecule has 1 unspecified atom stereocenters. The van der Waals surface area contributed by atoms with Crippen molar-refractivity contribution in [3.05, 3.63) is 17.7 Å². The second kappa shape index (κ2) is 5.53. The van der Waals surface area contributed by atoms with Crippen LogP contribution in [0, 0.1) is 0 Å². The van der Waals surface area contributed by atoms with Crippen molar-refractivity contribution in [2.24, 2.45) is 0 Å². The second-order valence-electron chi connectivity index (χ2n) is 5.22. The number of amides is 1. The maximum atomic E-state index is 12.2. The summed E-state index contributed by atoms with van der Waals surface area (Å²) in [5.74, 6) is -0.754. The van der Waals surface area contributed by atoms with Crippen LogP contribution in [0.1, 0.15) is 37.6 Å². The smallest absolute Gasteiger partial charge is 0.255 e. The highest BCUT2D eigenvalue weighted by molar-refractivity contribution is 7.89. The van der Waals surface area contributed by atoms with Gasteiger partial charge in [0.05, 0.1) is 17.4 Å². The van der Waals surface area contributed by atoms with Crippen LogP contribution in [0.3, 0.4) is 0 Å². The summed E-state index contributed by atoms with van der Waals surface area (Å²) in [6, 6.07) is 2.14. The van der Waals surface area contributed by atoms with Crippen molar-refractivity contribution in [2.45, 2.75) is 44.3 Å². The normalized spacial score (nSPS) is 18.1. The molecule has 1 aliphatic heterocycles. The molecule has 0 aliphatic carbocycles. The van der Waals surface area contributed by atoms with E-state index in [1.807, 2.05) is 6.92 Å². The van der Waals surface area contributed by atoms with Gasteiger partial charge in [-0.2, -0.15) is 0 Å². The van der Waals surface area contributed by atoms with Crippen molar-refractivity contribution < 1.29 is 18.3 Å². The Kier molecular flexibility index (Phi) is 4.11. The molecule has 1 aromatic carbocycles. The zero-order chi connectivity index (χ0) is 15.8. The van der Waals surface area contributed by atoms with Crippen LogP contribution in [-0.2, 0) is 10.0 Å². The topological polar surface area (TPSA) is 108 Å². The number of hydrogen-bond donors (Lipinski definition) is 4. The first-order chi connectivity index (χ1) is 9.74. The molecule has 4 N–H and O–H groups in total. The van der Waals surface area contributed by atoms with Gasteiger partial charge in [-0.25, -0.2) is 13.1 Å². The zero-order valence-electron chi connectivity index (χ0n) is 12.1. The molecular formula is C13H19N3O4S. The third-order valence-corrected chi connectivity index (χ3v) is 4.76. The third kappa shape index (κ3) is 3.11. The molecule has 0 radical (unpaired) electrons. The zero-order valence-corrected chi connectivity index (χ0v) is 12.9. The fourth-order valence-corrected chi connectivity index (χ4v) is 3.48. The Labute approximate surface area is 123 Å². The summed E-state index contributed by atoms with van der Waals surface area (Å²) < 4.78 is 26.7. The first kappa shape index (κ1) is 15.6. The van der Waals surface area contributed by atoms with Crippen LogP contribution in [0.15, 0.2) is 17.0 Å². The molecule has 1 aliphatic rings. The standard InChI is InChI=1S/C13H19N3O4S/c1-4-12-14-9-6-10(17)11(5-8(9)13(18)15-12)21(19,20)16-7(2)3/h5-7,12,14,16-17H,4H2,1-3H3,(H,15,18). The number of nitrogens with one attached hydrogen (secondary N) is 3. The monoisotopic (exact) mass is 313 g/mol. The first-order valence-electron chi connectivity index (χ1n) is 6.71. The van der Waals surface area contributed by atoms with Crippen molar-refractivity contribution in [2.75, 3.05) is 5.32 Å². The van der Waals surface area contributed by atoms with Crippen LogP contribution in [0.5, 0.6) is 5.75 Å². The van der Waals surface area contributed by atoms with Crippen LogP contribution < -0.4 is 15.4 Å². The summed E-state index contributed by atoms with van der Waals surface area (Å²) in [6.45, 7) is 5.24. The van der Waals surface area contributed by atoms with E-state index in [0.717, 1.165) is 0 Å². The predicted octanol–water partition coefficient (Wildman–Crippen LogP) is 0.970. The van der Waals surface area contributed by atoms with E-state index in [-0.39, 0.29) is 34.3 Å². The van der Waals surface area contributed by atoms with Crippen LogP contribution in [0.2, 0.25) is 0 Å². The number of anilines is 1. The highest BCUT2D eigenvalue weighted by Gasteiger charge is 2.28. The van der Waals surface area contributed by atoms with Crippen molar-refractivity contribution in [1.29, 1.82) is 0 Å². The minimum absolute atomic E-state index is 0.196. The van der Waals surface area contributed by atoms with E-state index in [9.17, 15) is 18.3 Å². The molecule has 8 heteroatoms. The third-order valence-electron chi connectivity index (χ3n) is 3.07. The summed E-state index contributed by atoms with van der Waals surface area (Å²) in [5, 5.41) is 15.7. The van der Waals surface area contributed by atoms with Crippen molar-refractivity contribution in [3.63, 3.8) is 0 Å². The number of carbonyl (C=O) groups is 1. The van der Waals surface area contributed by atoms with Crippen LogP contribution >= 0.6 is 0 Å². The van der Waals surface area contributed by atoms with Crippen molar-refractivity contribution in [3.8, 4) is 5.75 Å². The summed E-state index contributed by atoms with van der Waals surface area (Å²) in [4.78, 5) is 11.7. The van der Waals surface area contributed by atoms with Crippen LogP contribution in [0.4, 0.5) is 5.69 Å². The highest BCUT2D eigenvalue weighted by atomic mass is 32.2. The lowest BCUT2D eigenvalue weighted by Crippen LogP contribution is -2.44. The molecule has 0 bridgehead atoms. The maximum Gasteiger partial charge on any atom is 0.255 e. The van der Waals surface area contributed by atoms with E-state index >= 15 is 0 Å². The van der Waals surface area contributed by atoms with Gasteiger partial charge in [-0.05, 0) is 26.3 Å². The van der Waals surface area contributed by atoms with Gasteiger partial charge in [0.2, 0.25) is 10.0 Å². The minimum atomic E-state index is -3.87. The lowest BCUT2D eigenvalue weighted by molar-refractivity contribution is 0.0935. The molecule has 0 spiro atoms. The molecule has 1 heterocycles. The number of carbonyl (C=O) groups excluding carboxylic acids is 1. The van der Waals surface area contributed by atoms with Crippen LogP contribution in [0.25, 0.3) is 0 Å². The van der Waals surface area contributed by atoms with Crippen molar-refractivity contribution >= 4 is 21.6 Å². The molecule has 7 nitrogen and oxygen atoms in total. The van der Waals surface area contributed by atoms with E-state index in [4.69, 9.17) is 0 Å². The molecular weight excluding hydrogens is 294 g/mol. The molecule has 21 heavy (non-hydrogen) atoms. The summed E-state index contributed by atoms with van der Waals surface area (Å²) in [5.41, 5.74) is 0.619. The molecule has 1 aromatic rings. The molecule has 0 saturated heterocycles. The predicted molar refractivity (Wildman–Crippen MR) is 78.7 cm³/mol. The Morgan fingerprint density at radius 2 is 2.00 bits per heavy atom. The van der Waals surface area contributed by atoms with Gasteiger partial charge in [-0.1, -0.05) is 6.92 Å². The van der Waals surface area contributed by atoms with Gasteiger partial charge in [-0.15, -0.1) is 0 Å². The minimum Gasteiger partial charge on any atom is -0.506 e. The van der Waals surface area contributed by atoms with Gasteiger partial charge in [-0.3, -0.25) is 4.79 Å². The number of rotatable bonds is 4. The first-order valence-corrected chi connectivity index (χ1v) is 8.19. The molecule has 1 atom stereocenters. The Morgan fingerprint density at radius 3 is 2.57 bits per heavy atom. The van der Waals surface area contributed by atoms with Crippen LogP contribution in [-0.4, -0.2) is 31.6 Å². The molecule has 0 fully saturated rings. The molecule has 116 valence electrons. The fraction of sp³-hybridized carbons (Fsp3) is 0.462. The van der Waals surface area contributed by atoms with Gasteiger partial charge < -0.3 is 15.7 Å². The number of phenolic OH excluding ortho intramolecular Hbond substituents is 1. The molecule has 1 amide bonds. The summed E-state index contributed by atoms with van der Waals surface area (Å²) in [6.07, 6.45) is 0.432. The van der Waals surface area contributed by atoms with Gasteiger partial charge in [0.25, 0.3) is 5.91 Å². The number of benzene rings is 1. The number of phenols is 1. The van der Waals surface area contributed by atoms with Gasteiger partial charge >= 0.3 is 0 Å². The lowest BCUT2D eigenvalue weighted by atomic mass is 10.1. The van der Waals surface area contributed by atoms with Gasteiger partial charge in [0.1, 0.15) is 10.6 Å². The fourth-order valence-electron chi connectivity index (χ4n) is 2.13. The Morgan fingerprint density at radius 1 is 1.33 bits per heavy atom. The Balaban J connectivity index is 2.49. The van der Waals surface area contributed by atoms with Gasteiger partial charge in [0.15, 0.2) is 0 Å². The second-order valence-corrected chi connectivity index (χ2v) is 6.90. The van der Waals surface area contributed by atoms with E-state index in [0.29, 0.717) is 12.1 Å². The van der Waals surface area contributed by atoms with E-state index < -0.39 is 10.0 Å². The average Bonchev–Trinajstić information content (AvgIpc) is 2.35. The lowest BCUT2D eigenvalue weighted by Gasteiger charge is -2.27. The highest BCUT2D eigenvalue weighted by Crippen LogP contribution is 2.32. The summed E-state index contributed by atoms with van der Waals surface area (Å²) >= 11 is 0. The summed E-state index contributed by atoms with van der Waals surface area (Å²) in [7, 11) is -3.87. The quantitative estimate of drug-likeness (QED) is 0.662.